The van der Waals surface area contributed by atoms with E-state index < -0.39 is 4.92 Å². The summed E-state index contributed by atoms with van der Waals surface area (Å²) in [5.41, 5.74) is 0.953. The molecule has 0 fully saturated rings. The van der Waals surface area contributed by atoms with Crippen molar-refractivity contribution in [3.8, 4) is 17.2 Å². The van der Waals surface area contributed by atoms with Crippen LogP contribution < -0.4 is 10.1 Å². The molecule has 1 heterocycles. The molecule has 144 valence electrons. The molecule has 9 nitrogen and oxygen atoms in total. The number of hydrogen-bond acceptors (Lipinski definition) is 8. The molecule has 0 unspecified atom stereocenters. The number of rotatable bonds is 7. The van der Waals surface area contributed by atoms with Crippen LogP contribution in [0.3, 0.4) is 0 Å². The molecule has 3 rings (SSSR count). The summed E-state index contributed by atoms with van der Waals surface area (Å²) in [5, 5.41) is 21.6. The molecule has 1 amide bonds. The minimum Gasteiger partial charge on any atom is -0.494 e. The van der Waals surface area contributed by atoms with E-state index in [0.717, 1.165) is 21.8 Å². The van der Waals surface area contributed by atoms with Gasteiger partial charge in [-0.3, -0.25) is 14.9 Å². The minimum atomic E-state index is -0.539. The third-order valence-electron chi connectivity index (χ3n) is 3.51. The molecule has 11 heteroatoms. The van der Waals surface area contributed by atoms with Crippen molar-refractivity contribution in [1.29, 1.82) is 0 Å². The summed E-state index contributed by atoms with van der Waals surface area (Å²) in [6.45, 7) is 0. The average Bonchev–Trinajstić information content (AvgIpc) is 3.15. The Bertz CT molecular complexity index is 1030. The number of nitro benzene ring substituents is 1. The highest BCUT2D eigenvalue weighted by atomic mass is 79.9. The number of amides is 1. The topological polar surface area (TPSA) is 120 Å². The van der Waals surface area contributed by atoms with Gasteiger partial charge >= 0.3 is 0 Å². The largest absolute Gasteiger partial charge is 0.494 e. The standard InChI is InChI=1S/C17H13BrN4O5S/c1-26-14-8-10(22(24)25)6-7-13(14)19-15(23)9-28-17-21-20-16(27-17)11-4-2-3-5-12(11)18/h2-8H,9H2,1H3,(H,19,23). The number of benzene rings is 2. The molecule has 0 aliphatic carbocycles. The number of thioether (sulfide) groups is 1. The Kier molecular flexibility index (Phi) is 6.26. The van der Waals surface area contributed by atoms with Crippen molar-refractivity contribution < 1.29 is 18.9 Å². The van der Waals surface area contributed by atoms with E-state index in [1.807, 2.05) is 24.3 Å². The average molecular weight is 465 g/mol. The van der Waals surface area contributed by atoms with Crippen LogP contribution in [0.15, 0.2) is 56.6 Å². The summed E-state index contributed by atoms with van der Waals surface area (Å²) < 4.78 is 11.5. The quantitative estimate of drug-likeness (QED) is 0.314. The van der Waals surface area contributed by atoms with Crippen molar-refractivity contribution in [3.63, 3.8) is 0 Å². The molecule has 1 aromatic heterocycles. The number of ether oxygens (including phenoxy) is 1. The summed E-state index contributed by atoms with van der Waals surface area (Å²) in [6.07, 6.45) is 0. The summed E-state index contributed by atoms with van der Waals surface area (Å²) in [4.78, 5) is 22.5. The molecule has 0 saturated carbocycles. The molecule has 0 spiro atoms. The number of non-ortho nitro benzene ring substituents is 1. The number of nitrogens with one attached hydrogen (secondary N) is 1. The highest BCUT2D eigenvalue weighted by molar-refractivity contribution is 9.10. The predicted octanol–water partition coefficient (Wildman–Crippen LogP) is 4.15. The lowest BCUT2D eigenvalue weighted by Gasteiger charge is -2.09. The van der Waals surface area contributed by atoms with Gasteiger partial charge in [0, 0.05) is 10.5 Å². The Labute approximate surface area is 171 Å². The maximum absolute atomic E-state index is 12.2. The van der Waals surface area contributed by atoms with Gasteiger partial charge in [-0.1, -0.05) is 23.9 Å². The zero-order valence-electron chi connectivity index (χ0n) is 14.4. The minimum absolute atomic E-state index is 0.0116. The second-order valence-electron chi connectivity index (χ2n) is 5.33. The Morgan fingerprint density at radius 1 is 1.32 bits per heavy atom. The fourth-order valence-electron chi connectivity index (χ4n) is 2.22. The first-order valence-corrected chi connectivity index (χ1v) is 9.59. The molecule has 3 aromatic rings. The van der Waals surface area contributed by atoms with Crippen molar-refractivity contribution >= 4 is 45.0 Å². The third kappa shape index (κ3) is 4.67. The fourth-order valence-corrected chi connectivity index (χ4v) is 3.24. The zero-order chi connectivity index (χ0) is 20.1. The molecule has 0 atom stereocenters. The van der Waals surface area contributed by atoms with Crippen LogP contribution in [0.2, 0.25) is 0 Å². The summed E-state index contributed by atoms with van der Waals surface area (Å²) in [6, 6.07) is 11.4. The van der Waals surface area contributed by atoms with Crippen LogP contribution in [0.25, 0.3) is 11.5 Å². The summed E-state index contributed by atoms with van der Waals surface area (Å²) >= 11 is 4.49. The van der Waals surface area contributed by atoms with E-state index in [2.05, 4.69) is 31.4 Å². The van der Waals surface area contributed by atoms with E-state index in [1.165, 1.54) is 25.3 Å². The molecule has 0 aliphatic rings. The molecular weight excluding hydrogens is 452 g/mol. The van der Waals surface area contributed by atoms with Crippen molar-refractivity contribution in [2.45, 2.75) is 5.22 Å². The van der Waals surface area contributed by atoms with Crippen LogP contribution in [0, 0.1) is 10.1 Å². The number of aromatic nitrogens is 2. The van der Waals surface area contributed by atoms with Crippen LogP contribution in [0.5, 0.6) is 5.75 Å². The van der Waals surface area contributed by atoms with Crippen LogP contribution in [0.1, 0.15) is 0 Å². The van der Waals surface area contributed by atoms with Crippen LogP contribution in [0.4, 0.5) is 11.4 Å². The van der Waals surface area contributed by atoms with Crippen LogP contribution in [-0.2, 0) is 4.79 Å². The highest BCUT2D eigenvalue weighted by Crippen LogP contribution is 2.30. The first-order chi connectivity index (χ1) is 13.5. The molecular formula is C17H13BrN4O5S. The van der Waals surface area contributed by atoms with Crippen molar-refractivity contribution in [3.05, 3.63) is 57.1 Å². The van der Waals surface area contributed by atoms with Gasteiger partial charge in [-0.2, -0.15) is 0 Å². The lowest BCUT2D eigenvalue weighted by atomic mass is 10.2. The second kappa shape index (κ2) is 8.85. The maximum atomic E-state index is 12.2. The lowest BCUT2D eigenvalue weighted by Crippen LogP contribution is -2.14. The fraction of sp³-hybridized carbons (Fsp3) is 0.118. The number of methoxy groups -OCH3 is 1. The van der Waals surface area contributed by atoms with Gasteiger partial charge in [-0.25, -0.2) is 0 Å². The predicted molar refractivity (Wildman–Crippen MR) is 106 cm³/mol. The van der Waals surface area contributed by atoms with E-state index in [4.69, 9.17) is 9.15 Å². The van der Waals surface area contributed by atoms with E-state index >= 15 is 0 Å². The first kappa shape index (κ1) is 19.8. The molecule has 28 heavy (non-hydrogen) atoms. The monoisotopic (exact) mass is 464 g/mol. The molecule has 0 radical (unpaired) electrons. The van der Waals surface area contributed by atoms with Crippen LogP contribution >= 0.6 is 27.7 Å². The Morgan fingerprint density at radius 2 is 2.11 bits per heavy atom. The third-order valence-corrected chi connectivity index (χ3v) is 5.02. The Morgan fingerprint density at radius 3 is 2.82 bits per heavy atom. The smallest absolute Gasteiger partial charge is 0.277 e. The van der Waals surface area contributed by atoms with Crippen LogP contribution in [-0.4, -0.2) is 33.9 Å². The highest BCUT2D eigenvalue weighted by Gasteiger charge is 2.16. The van der Waals surface area contributed by atoms with Gasteiger partial charge in [-0.05, 0) is 34.1 Å². The number of nitro groups is 1. The van der Waals surface area contributed by atoms with Gasteiger partial charge in [0.2, 0.25) is 11.8 Å². The molecule has 2 aromatic carbocycles. The van der Waals surface area contributed by atoms with Gasteiger partial charge in [0.25, 0.3) is 10.9 Å². The van der Waals surface area contributed by atoms with Gasteiger partial charge in [0.05, 0.1) is 35.1 Å². The summed E-state index contributed by atoms with van der Waals surface area (Å²) in [7, 11) is 1.37. The number of hydrogen-bond donors (Lipinski definition) is 1. The molecule has 1 N–H and O–H groups in total. The first-order valence-electron chi connectivity index (χ1n) is 7.81. The number of carbonyl (C=O) groups is 1. The molecule has 0 aliphatic heterocycles. The van der Waals surface area contributed by atoms with E-state index in [1.54, 1.807) is 0 Å². The van der Waals surface area contributed by atoms with Crippen molar-refractivity contribution in [1.82, 2.24) is 10.2 Å². The van der Waals surface area contributed by atoms with Crippen molar-refractivity contribution in [2.24, 2.45) is 0 Å². The Hall–Kier alpha value is -2.92. The zero-order valence-corrected chi connectivity index (χ0v) is 16.8. The van der Waals surface area contributed by atoms with Gasteiger partial charge in [-0.15, -0.1) is 10.2 Å². The number of halogens is 1. The number of nitrogens with zero attached hydrogens (tertiary/aromatic N) is 3. The Balaban J connectivity index is 1.62. The van der Waals surface area contributed by atoms with Gasteiger partial charge < -0.3 is 14.5 Å². The summed E-state index contributed by atoms with van der Waals surface area (Å²) in [5.74, 6) is 0.198. The maximum Gasteiger partial charge on any atom is 0.277 e. The number of anilines is 1. The van der Waals surface area contributed by atoms with E-state index in [9.17, 15) is 14.9 Å². The molecule has 0 bridgehead atoms. The molecule has 0 saturated heterocycles. The van der Waals surface area contributed by atoms with Gasteiger partial charge in [0.1, 0.15) is 5.75 Å². The van der Waals surface area contributed by atoms with E-state index in [0.29, 0.717) is 11.6 Å². The normalized spacial score (nSPS) is 10.5. The van der Waals surface area contributed by atoms with E-state index in [-0.39, 0.29) is 28.3 Å². The number of carbonyl (C=O) groups excluding carboxylic acids is 1. The second-order valence-corrected chi connectivity index (χ2v) is 7.11. The van der Waals surface area contributed by atoms with Gasteiger partial charge in [0.15, 0.2) is 0 Å². The SMILES string of the molecule is COc1cc([N+](=O)[O-])ccc1NC(=O)CSc1nnc(-c2ccccc2Br)o1. The lowest BCUT2D eigenvalue weighted by molar-refractivity contribution is -0.384. The van der Waals surface area contributed by atoms with Crippen molar-refractivity contribution in [2.75, 3.05) is 18.2 Å².